The third kappa shape index (κ3) is 4.12. The number of benzene rings is 1. The average Bonchev–Trinajstić information content (AvgIpc) is 2.48. The Kier molecular flexibility index (Phi) is 5.68. The van der Waals surface area contributed by atoms with Crippen LogP contribution in [0.25, 0.3) is 0 Å². The molecule has 0 radical (unpaired) electrons. The van der Waals surface area contributed by atoms with E-state index in [9.17, 15) is 4.79 Å². The van der Waals surface area contributed by atoms with Crippen molar-refractivity contribution in [3.63, 3.8) is 0 Å². The molecule has 0 saturated carbocycles. The highest BCUT2D eigenvalue weighted by molar-refractivity contribution is 6.30. The van der Waals surface area contributed by atoms with Gasteiger partial charge in [-0.2, -0.15) is 0 Å². The van der Waals surface area contributed by atoms with Gasteiger partial charge in [-0.25, -0.2) is 0 Å². The molecule has 110 valence electrons. The van der Waals surface area contributed by atoms with E-state index in [0.29, 0.717) is 30.6 Å². The van der Waals surface area contributed by atoms with Gasteiger partial charge in [0.05, 0.1) is 13.0 Å². The number of halogens is 1. The first-order valence-corrected chi connectivity index (χ1v) is 7.12. The van der Waals surface area contributed by atoms with E-state index in [1.807, 2.05) is 12.1 Å². The predicted octanol–water partition coefficient (Wildman–Crippen LogP) is 2.93. The molecule has 1 aromatic carbocycles. The Morgan fingerprint density at radius 3 is 2.85 bits per heavy atom. The van der Waals surface area contributed by atoms with Crippen LogP contribution >= 0.6 is 11.6 Å². The maximum atomic E-state index is 11.9. The van der Waals surface area contributed by atoms with Gasteiger partial charge in [-0.1, -0.05) is 17.7 Å². The van der Waals surface area contributed by atoms with Gasteiger partial charge in [0.2, 0.25) is 0 Å². The minimum Gasteiger partial charge on any atom is -0.493 e. The lowest BCUT2D eigenvalue weighted by molar-refractivity contribution is -0.150. The Labute approximate surface area is 124 Å². The maximum absolute atomic E-state index is 11.9. The summed E-state index contributed by atoms with van der Waals surface area (Å²) < 4.78 is 15.9. The smallest absolute Gasteiger partial charge is 0.312 e. The van der Waals surface area contributed by atoms with Gasteiger partial charge < -0.3 is 14.2 Å². The van der Waals surface area contributed by atoms with Gasteiger partial charge in [0.25, 0.3) is 0 Å². The first-order valence-electron chi connectivity index (χ1n) is 6.74. The van der Waals surface area contributed by atoms with E-state index >= 15 is 0 Å². The van der Waals surface area contributed by atoms with E-state index in [-0.39, 0.29) is 17.8 Å². The molecule has 1 atom stereocenters. The Hall–Kier alpha value is -1.26. The highest BCUT2D eigenvalue weighted by Gasteiger charge is 2.31. The molecule has 1 heterocycles. The summed E-state index contributed by atoms with van der Waals surface area (Å²) in [6.45, 7) is 1.68. The number of rotatable bonds is 5. The zero-order valence-corrected chi connectivity index (χ0v) is 12.3. The van der Waals surface area contributed by atoms with Crippen LogP contribution in [0.4, 0.5) is 0 Å². The first-order chi connectivity index (χ1) is 9.70. The molecule has 1 fully saturated rings. The van der Waals surface area contributed by atoms with Crippen LogP contribution in [0.3, 0.4) is 0 Å². The van der Waals surface area contributed by atoms with E-state index < -0.39 is 0 Å². The van der Waals surface area contributed by atoms with Crippen molar-refractivity contribution < 1.29 is 19.0 Å². The summed E-state index contributed by atoms with van der Waals surface area (Å²) in [7, 11) is 1.41. The minimum atomic E-state index is -0.261. The highest BCUT2D eigenvalue weighted by atomic mass is 35.5. The quantitative estimate of drug-likeness (QED) is 0.784. The molecule has 1 saturated heterocycles. The molecule has 0 aromatic heterocycles. The van der Waals surface area contributed by atoms with Crippen molar-refractivity contribution in [3.05, 3.63) is 29.3 Å². The molecular formula is C15H19ClO4. The molecule has 1 unspecified atom stereocenters. The molecule has 1 aliphatic heterocycles. The average molecular weight is 299 g/mol. The van der Waals surface area contributed by atoms with Crippen LogP contribution in [0.2, 0.25) is 5.02 Å². The van der Waals surface area contributed by atoms with Gasteiger partial charge in [0.1, 0.15) is 12.4 Å². The second kappa shape index (κ2) is 7.50. The van der Waals surface area contributed by atoms with E-state index in [0.717, 1.165) is 12.8 Å². The molecule has 0 spiro atoms. The summed E-state index contributed by atoms with van der Waals surface area (Å²) in [6, 6.07) is 7.16. The van der Waals surface area contributed by atoms with Crippen molar-refractivity contribution in [2.75, 3.05) is 26.9 Å². The van der Waals surface area contributed by atoms with Crippen molar-refractivity contribution >= 4 is 17.6 Å². The Morgan fingerprint density at radius 2 is 2.20 bits per heavy atom. The van der Waals surface area contributed by atoms with Crippen molar-refractivity contribution in [1.29, 1.82) is 0 Å². The van der Waals surface area contributed by atoms with Gasteiger partial charge in [0.15, 0.2) is 0 Å². The normalized spacial score (nSPS) is 17.5. The van der Waals surface area contributed by atoms with Crippen molar-refractivity contribution in [3.8, 4) is 5.75 Å². The van der Waals surface area contributed by atoms with Crippen LogP contribution < -0.4 is 4.74 Å². The number of hydrogen-bond acceptors (Lipinski definition) is 4. The SMILES string of the molecule is COC(=O)C(COc1cccc(Cl)c1)C1CCOCC1. The fraction of sp³-hybridized carbons (Fsp3) is 0.533. The third-order valence-electron chi connectivity index (χ3n) is 3.56. The summed E-state index contributed by atoms with van der Waals surface area (Å²) in [4.78, 5) is 11.9. The van der Waals surface area contributed by atoms with Crippen molar-refractivity contribution in [2.45, 2.75) is 12.8 Å². The van der Waals surface area contributed by atoms with Crippen LogP contribution in [-0.4, -0.2) is 32.9 Å². The standard InChI is InChI=1S/C15H19ClO4/c1-18-15(17)14(11-5-7-19-8-6-11)10-20-13-4-2-3-12(16)9-13/h2-4,9,11,14H,5-8,10H2,1H3. The molecule has 20 heavy (non-hydrogen) atoms. The fourth-order valence-corrected chi connectivity index (χ4v) is 2.59. The summed E-state index contributed by atoms with van der Waals surface area (Å²) >= 11 is 5.91. The van der Waals surface area contributed by atoms with Gasteiger partial charge in [-0.05, 0) is 37.0 Å². The Morgan fingerprint density at radius 1 is 1.45 bits per heavy atom. The van der Waals surface area contributed by atoms with Gasteiger partial charge in [0, 0.05) is 18.2 Å². The Bertz CT molecular complexity index is 443. The lowest BCUT2D eigenvalue weighted by Crippen LogP contribution is -2.34. The molecule has 0 aliphatic carbocycles. The largest absolute Gasteiger partial charge is 0.493 e. The molecule has 1 aliphatic rings. The molecule has 5 heteroatoms. The van der Waals surface area contributed by atoms with Gasteiger partial charge >= 0.3 is 5.97 Å². The van der Waals surface area contributed by atoms with Gasteiger partial charge in [-0.15, -0.1) is 0 Å². The number of hydrogen-bond donors (Lipinski definition) is 0. The van der Waals surface area contributed by atoms with Gasteiger partial charge in [-0.3, -0.25) is 4.79 Å². The van der Waals surface area contributed by atoms with E-state index in [1.165, 1.54) is 7.11 Å². The summed E-state index contributed by atoms with van der Waals surface area (Å²) in [5.41, 5.74) is 0. The van der Waals surface area contributed by atoms with Crippen LogP contribution in [0.5, 0.6) is 5.75 Å². The summed E-state index contributed by atoms with van der Waals surface area (Å²) in [5, 5.41) is 0.614. The van der Waals surface area contributed by atoms with Crippen molar-refractivity contribution in [1.82, 2.24) is 0 Å². The van der Waals surface area contributed by atoms with Crippen LogP contribution in [0.15, 0.2) is 24.3 Å². The zero-order valence-electron chi connectivity index (χ0n) is 11.5. The van der Waals surface area contributed by atoms with Crippen LogP contribution in [0, 0.1) is 11.8 Å². The second-order valence-corrected chi connectivity index (χ2v) is 5.28. The second-order valence-electron chi connectivity index (χ2n) is 4.85. The first kappa shape index (κ1) is 15.1. The van der Waals surface area contributed by atoms with E-state index in [4.69, 9.17) is 25.8 Å². The molecular weight excluding hydrogens is 280 g/mol. The lowest BCUT2D eigenvalue weighted by Gasteiger charge is -2.28. The fourth-order valence-electron chi connectivity index (χ4n) is 2.41. The van der Waals surface area contributed by atoms with E-state index in [1.54, 1.807) is 12.1 Å². The number of carbonyl (C=O) groups is 1. The summed E-state index contributed by atoms with van der Waals surface area (Å²) in [5.74, 6) is 0.427. The molecule has 0 N–H and O–H groups in total. The Balaban J connectivity index is 1.98. The maximum Gasteiger partial charge on any atom is 0.312 e. The number of esters is 1. The molecule has 0 bridgehead atoms. The van der Waals surface area contributed by atoms with Crippen LogP contribution in [0.1, 0.15) is 12.8 Å². The van der Waals surface area contributed by atoms with Crippen molar-refractivity contribution in [2.24, 2.45) is 11.8 Å². The monoisotopic (exact) mass is 298 g/mol. The highest BCUT2D eigenvalue weighted by Crippen LogP contribution is 2.26. The van der Waals surface area contributed by atoms with Crippen LogP contribution in [-0.2, 0) is 14.3 Å². The zero-order chi connectivity index (χ0) is 14.4. The van der Waals surface area contributed by atoms with E-state index in [2.05, 4.69) is 0 Å². The molecule has 1 aromatic rings. The molecule has 0 amide bonds. The lowest BCUT2D eigenvalue weighted by atomic mass is 9.86. The topological polar surface area (TPSA) is 44.8 Å². The predicted molar refractivity (Wildman–Crippen MR) is 76.0 cm³/mol. The number of carbonyl (C=O) groups excluding carboxylic acids is 1. The number of ether oxygens (including phenoxy) is 3. The molecule has 2 rings (SSSR count). The number of methoxy groups -OCH3 is 1. The molecule has 4 nitrogen and oxygen atoms in total. The third-order valence-corrected chi connectivity index (χ3v) is 3.80. The summed E-state index contributed by atoms with van der Waals surface area (Å²) in [6.07, 6.45) is 1.72. The minimum absolute atomic E-state index is 0.223.